The Kier molecular flexibility index (Phi) is 3.79. The fraction of sp³-hybridized carbons (Fsp3) is 0.273. The van der Waals surface area contributed by atoms with Gasteiger partial charge in [0, 0.05) is 6.20 Å². The van der Waals surface area contributed by atoms with Gasteiger partial charge in [0.05, 0.1) is 22.1 Å². The van der Waals surface area contributed by atoms with Crippen LogP contribution in [0.4, 0.5) is 4.39 Å². The predicted octanol–water partition coefficient (Wildman–Crippen LogP) is 3.57. The number of rotatable bonds is 3. The fourth-order valence-corrected chi connectivity index (χ4v) is 1.73. The number of aromatic nitrogens is 3. The maximum absolute atomic E-state index is 13.2. The maximum atomic E-state index is 13.2. The van der Waals surface area contributed by atoms with Gasteiger partial charge in [-0.2, -0.15) is 0 Å². The summed E-state index contributed by atoms with van der Waals surface area (Å²) in [6.45, 7) is 2.44. The number of alkyl halides is 1. The molecule has 17 heavy (non-hydrogen) atoms. The number of nitrogens with zero attached hydrogens (tertiary/aromatic N) is 3. The lowest BCUT2D eigenvalue weighted by Crippen LogP contribution is -2.00. The van der Waals surface area contributed by atoms with Gasteiger partial charge < -0.3 is 0 Å². The molecule has 0 aliphatic rings. The minimum Gasteiger partial charge on any atom is -0.248 e. The zero-order valence-electron chi connectivity index (χ0n) is 9.07. The summed E-state index contributed by atoms with van der Waals surface area (Å²) in [7, 11) is 0. The van der Waals surface area contributed by atoms with Gasteiger partial charge in [-0.05, 0) is 24.6 Å². The predicted molar refractivity (Wildman–Crippen MR) is 67.9 cm³/mol. The molecule has 0 saturated heterocycles. The van der Waals surface area contributed by atoms with Crippen molar-refractivity contribution in [1.82, 2.24) is 15.0 Å². The van der Waals surface area contributed by atoms with Gasteiger partial charge in [-0.1, -0.05) is 38.8 Å². The van der Waals surface area contributed by atoms with E-state index < -0.39 is 5.82 Å². The highest BCUT2D eigenvalue weighted by Gasteiger charge is 2.07. The van der Waals surface area contributed by atoms with Gasteiger partial charge in [0.2, 0.25) is 0 Å². The van der Waals surface area contributed by atoms with Gasteiger partial charge in [0.15, 0.2) is 0 Å². The van der Waals surface area contributed by atoms with Gasteiger partial charge in [-0.15, -0.1) is 5.10 Å². The lowest BCUT2D eigenvalue weighted by Gasteiger charge is -2.02. The van der Waals surface area contributed by atoms with E-state index in [0.29, 0.717) is 6.54 Å². The molecule has 2 rings (SSSR count). The summed E-state index contributed by atoms with van der Waals surface area (Å²) in [6, 6.07) is 4.71. The Bertz CT molecular complexity index is 527. The summed E-state index contributed by atoms with van der Waals surface area (Å²) >= 11 is 9.02. The summed E-state index contributed by atoms with van der Waals surface area (Å²) < 4.78 is 14.9. The molecular weight excluding hydrogens is 308 g/mol. The molecule has 0 spiro atoms. The van der Waals surface area contributed by atoms with E-state index in [1.807, 2.05) is 13.1 Å². The highest BCUT2D eigenvalue weighted by Crippen LogP contribution is 2.19. The zero-order valence-corrected chi connectivity index (χ0v) is 11.4. The monoisotopic (exact) mass is 317 g/mol. The van der Waals surface area contributed by atoms with Crippen molar-refractivity contribution >= 4 is 27.5 Å². The van der Waals surface area contributed by atoms with Crippen LogP contribution in [0.1, 0.15) is 23.0 Å². The van der Waals surface area contributed by atoms with Crippen molar-refractivity contribution in [2.24, 2.45) is 0 Å². The molecule has 1 heterocycles. The van der Waals surface area contributed by atoms with E-state index in [2.05, 4.69) is 26.2 Å². The van der Waals surface area contributed by atoms with E-state index in [-0.39, 0.29) is 9.85 Å². The topological polar surface area (TPSA) is 30.7 Å². The smallest absolute Gasteiger partial charge is 0.142 e. The molecule has 0 amide bonds. The fourth-order valence-electron chi connectivity index (χ4n) is 1.40. The molecule has 6 heteroatoms. The number of halogens is 3. The second-order valence-electron chi connectivity index (χ2n) is 3.71. The Morgan fingerprint density at radius 3 is 2.88 bits per heavy atom. The van der Waals surface area contributed by atoms with Crippen LogP contribution < -0.4 is 0 Å². The third kappa shape index (κ3) is 3.04. The first kappa shape index (κ1) is 12.5. The van der Waals surface area contributed by atoms with Crippen molar-refractivity contribution < 1.29 is 4.39 Å². The second-order valence-corrected chi connectivity index (χ2v) is 5.49. The first-order valence-corrected chi connectivity index (χ1v) is 6.33. The second kappa shape index (κ2) is 5.14. The van der Waals surface area contributed by atoms with Gasteiger partial charge in [-0.25, -0.2) is 9.07 Å². The lowest BCUT2D eigenvalue weighted by atomic mass is 10.2. The molecule has 3 nitrogen and oxygen atoms in total. The summed E-state index contributed by atoms with van der Waals surface area (Å²) in [6.07, 6.45) is 1.83. The van der Waals surface area contributed by atoms with E-state index in [4.69, 9.17) is 11.6 Å². The highest BCUT2D eigenvalue weighted by molar-refractivity contribution is 9.09. The zero-order chi connectivity index (χ0) is 12.4. The van der Waals surface area contributed by atoms with Crippen molar-refractivity contribution in [2.75, 3.05) is 0 Å². The Morgan fingerprint density at radius 1 is 1.53 bits per heavy atom. The van der Waals surface area contributed by atoms with Crippen molar-refractivity contribution in [3.8, 4) is 0 Å². The Balaban J connectivity index is 2.16. The molecule has 0 N–H and O–H groups in total. The largest absolute Gasteiger partial charge is 0.248 e. The molecule has 0 fully saturated rings. The molecule has 1 aromatic carbocycles. The normalized spacial score (nSPS) is 12.7. The quantitative estimate of drug-likeness (QED) is 0.810. The summed E-state index contributed by atoms with van der Waals surface area (Å²) in [5, 5.41) is 8.09. The molecule has 0 aliphatic heterocycles. The van der Waals surface area contributed by atoms with Gasteiger partial charge in [-0.3, -0.25) is 0 Å². The Morgan fingerprint density at radius 2 is 2.29 bits per heavy atom. The lowest BCUT2D eigenvalue weighted by molar-refractivity contribution is 0.614. The number of hydrogen-bond acceptors (Lipinski definition) is 2. The van der Waals surface area contributed by atoms with Crippen molar-refractivity contribution in [1.29, 1.82) is 0 Å². The Labute approximate surface area is 112 Å². The van der Waals surface area contributed by atoms with Crippen LogP contribution in [-0.4, -0.2) is 15.0 Å². The maximum Gasteiger partial charge on any atom is 0.142 e. The van der Waals surface area contributed by atoms with Crippen LogP contribution in [0.2, 0.25) is 5.02 Å². The van der Waals surface area contributed by atoms with E-state index in [1.165, 1.54) is 12.1 Å². The molecule has 2 aromatic rings. The van der Waals surface area contributed by atoms with Crippen LogP contribution in [0.3, 0.4) is 0 Å². The minimum absolute atomic E-state index is 0.127. The van der Waals surface area contributed by atoms with Crippen molar-refractivity contribution in [2.45, 2.75) is 18.3 Å². The summed E-state index contributed by atoms with van der Waals surface area (Å²) in [4.78, 5) is 0.151. The highest BCUT2D eigenvalue weighted by atomic mass is 79.9. The standard InChI is InChI=1S/C11H10BrClFN3/c1-7(12)11-6-17(16-15-11)5-8-2-3-9(13)10(14)4-8/h2-4,6-7H,5H2,1H3. The van der Waals surface area contributed by atoms with Crippen molar-refractivity contribution in [3.63, 3.8) is 0 Å². The molecule has 1 unspecified atom stereocenters. The minimum atomic E-state index is -0.418. The molecule has 0 aliphatic carbocycles. The number of hydrogen-bond donors (Lipinski definition) is 0. The third-order valence-electron chi connectivity index (χ3n) is 2.29. The van der Waals surface area contributed by atoms with Gasteiger partial charge in [0.1, 0.15) is 5.82 Å². The summed E-state index contributed by atoms with van der Waals surface area (Å²) in [5.41, 5.74) is 1.64. The first-order valence-electron chi connectivity index (χ1n) is 5.04. The number of benzene rings is 1. The van der Waals surface area contributed by atoms with E-state index in [9.17, 15) is 4.39 Å². The van der Waals surface area contributed by atoms with Crippen LogP contribution in [-0.2, 0) is 6.54 Å². The summed E-state index contributed by atoms with van der Waals surface area (Å²) in [5.74, 6) is -0.418. The molecular formula is C11H10BrClFN3. The van der Waals surface area contributed by atoms with Crippen LogP contribution >= 0.6 is 27.5 Å². The molecule has 0 radical (unpaired) electrons. The molecule has 90 valence electrons. The van der Waals surface area contributed by atoms with Crippen LogP contribution in [0, 0.1) is 5.82 Å². The first-order chi connectivity index (χ1) is 8.06. The van der Waals surface area contributed by atoms with Crippen LogP contribution in [0.25, 0.3) is 0 Å². The van der Waals surface area contributed by atoms with Gasteiger partial charge in [0.25, 0.3) is 0 Å². The average molecular weight is 319 g/mol. The molecule has 1 atom stereocenters. The average Bonchev–Trinajstić information content (AvgIpc) is 2.72. The Hall–Kier alpha value is -0.940. The SMILES string of the molecule is CC(Br)c1cn(Cc2ccc(Cl)c(F)c2)nn1. The van der Waals surface area contributed by atoms with Crippen molar-refractivity contribution in [3.05, 3.63) is 46.5 Å². The molecule has 0 saturated carbocycles. The van der Waals surface area contributed by atoms with Crippen LogP contribution in [0.15, 0.2) is 24.4 Å². The third-order valence-corrected chi connectivity index (χ3v) is 3.07. The van der Waals surface area contributed by atoms with Crippen LogP contribution in [0.5, 0.6) is 0 Å². The van der Waals surface area contributed by atoms with E-state index >= 15 is 0 Å². The van der Waals surface area contributed by atoms with E-state index in [0.717, 1.165) is 11.3 Å². The molecule has 1 aromatic heterocycles. The van der Waals surface area contributed by atoms with Gasteiger partial charge >= 0.3 is 0 Å². The van der Waals surface area contributed by atoms with E-state index in [1.54, 1.807) is 10.7 Å². The molecule has 0 bridgehead atoms.